The zero-order valence-electron chi connectivity index (χ0n) is 8.86. The van der Waals surface area contributed by atoms with Crippen LogP contribution < -0.4 is 4.74 Å². The van der Waals surface area contributed by atoms with Gasteiger partial charge in [-0.15, -0.1) is 13.2 Å². The number of hydrogen-bond acceptors (Lipinski definition) is 4. The minimum Gasteiger partial charge on any atom is -0.411 e. The average Bonchev–Trinajstić information content (AvgIpc) is 2.25. The number of halogens is 3. The Kier molecular flexibility index (Phi) is 4.33. The summed E-state index contributed by atoms with van der Waals surface area (Å²) in [7, 11) is 1.41. The van der Waals surface area contributed by atoms with Gasteiger partial charge in [-0.3, -0.25) is 0 Å². The maximum atomic E-state index is 11.9. The van der Waals surface area contributed by atoms with Crippen LogP contribution in [0.5, 0.6) is 5.75 Å². The van der Waals surface area contributed by atoms with Crippen LogP contribution in [0.4, 0.5) is 13.2 Å². The summed E-state index contributed by atoms with van der Waals surface area (Å²) in [5, 5.41) is 11.6. The highest BCUT2D eigenvalue weighted by atomic mass is 19.4. The van der Waals surface area contributed by atoms with Crippen molar-refractivity contribution in [3.63, 3.8) is 0 Å². The van der Waals surface area contributed by atoms with E-state index in [0.29, 0.717) is 5.56 Å². The molecule has 0 bridgehead atoms. The normalized spacial score (nSPS) is 12.6. The molecule has 0 saturated carbocycles. The van der Waals surface area contributed by atoms with Crippen LogP contribution in [0.3, 0.4) is 0 Å². The second-order valence-electron chi connectivity index (χ2n) is 3.05. The van der Waals surface area contributed by atoms with Gasteiger partial charge in [-0.2, -0.15) is 0 Å². The maximum Gasteiger partial charge on any atom is 0.573 e. The van der Waals surface area contributed by atoms with Crippen molar-refractivity contribution >= 4 is 5.71 Å². The van der Waals surface area contributed by atoms with E-state index in [0.717, 1.165) is 12.1 Å². The Labute approximate surface area is 95.3 Å². The van der Waals surface area contributed by atoms with Gasteiger partial charge in [0.05, 0.1) is 6.61 Å². The Bertz CT molecular complexity index is 387. The molecule has 0 fully saturated rings. The topological polar surface area (TPSA) is 51.0 Å². The van der Waals surface area contributed by atoms with Crippen LogP contribution >= 0.6 is 0 Å². The lowest BCUT2D eigenvalue weighted by molar-refractivity contribution is -0.274. The summed E-state index contributed by atoms with van der Waals surface area (Å²) in [6.45, 7) is 0.0516. The van der Waals surface area contributed by atoms with Crippen LogP contribution in [0.15, 0.2) is 29.4 Å². The van der Waals surface area contributed by atoms with Crippen LogP contribution in [0.2, 0.25) is 0 Å². The van der Waals surface area contributed by atoms with Crippen molar-refractivity contribution in [3.8, 4) is 5.75 Å². The number of oxime groups is 1. The summed E-state index contributed by atoms with van der Waals surface area (Å²) < 4.78 is 44.1. The molecule has 1 rings (SSSR count). The standard InChI is InChI=1S/C10H10F3NO3/c1-16-6-9(14-15)7-2-4-8(5-3-7)17-10(11,12)13/h2-5,15H,6H2,1H3. The van der Waals surface area contributed by atoms with Crippen LogP contribution in [-0.4, -0.2) is 31.0 Å². The highest BCUT2D eigenvalue weighted by Crippen LogP contribution is 2.22. The first-order valence-corrected chi connectivity index (χ1v) is 4.52. The third-order valence-corrected chi connectivity index (χ3v) is 1.82. The minimum absolute atomic E-state index is 0.0516. The van der Waals surface area contributed by atoms with E-state index in [1.165, 1.54) is 19.2 Å². The van der Waals surface area contributed by atoms with Crippen molar-refractivity contribution in [2.24, 2.45) is 5.16 Å². The molecule has 1 aromatic rings. The first kappa shape index (κ1) is 13.3. The molecule has 0 aliphatic carbocycles. The summed E-state index contributed by atoms with van der Waals surface area (Å²) in [6, 6.07) is 4.94. The van der Waals surface area contributed by atoms with Crippen molar-refractivity contribution in [1.29, 1.82) is 0 Å². The van der Waals surface area contributed by atoms with E-state index in [1.54, 1.807) is 0 Å². The fourth-order valence-electron chi connectivity index (χ4n) is 1.16. The van der Waals surface area contributed by atoms with Crippen molar-refractivity contribution in [3.05, 3.63) is 29.8 Å². The first-order valence-electron chi connectivity index (χ1n) is 4.52. The molecule has 0 aliphatic heterocycles. The van der Waals surface area contributed by atoms with E-state index in [1.807, 2.05) is 0 Å². The molecular weight excluding hydrogens is 239 g/mol. The Balaban J connectivity index is 2.80. The number of nitrogens with zero attached hydrogens (tertiary/aromatic N) is 1. The van der Waals surface area contributed by atoms with Gasteiger partial charge in [0.1, 0.15) is 11.5 Å². The SMILES string of the molecule is COCC(=NO)c1ccc(OC(F)(F)F)cc1. The minimum atomic E-state index is -4.72. The predicted molar refractivity (Wildman–Crippen MR) is 53.3 cm³/mol. The third kappa shape index (κ3) is 4.31. The van der Waals surface area contributed by atoms with Gasteiger partial charge < -0.3 is 14.7 Å². The van der Waals surface area contributed by atoms with Crippen LogP contribution in [0, 0.1) is 0 Å². The predicted octanol–water partition coefficient (Wildman–Crippen LogP) is 2.41. The molecule has 7 heteroatoms. The van der Waals surface area contributed by atoms with Gasteiger partial charge in [0.15, 0.2) is 0 Å². The lowest BCUT2D eigenvalue weighted by atomic mass is 10.1. The molecule has 17 heavy (non-hydrogen) atoms. The molecular formula is C10H10F3NO3. The van der Waals surface area contributed by atoms with Crippen molar-refractivity contribution in [2.75, 3.05) is 13.7 Å². The molecule has 0 aliphatic rings. The summed E-state index contributed by atoms with van der Waals surface area (Å²) in [6.07, 6.45) is -4.72. The first-order chi connectivity index (χ1) is 7.96. The summed E-state index contributed by atoms with van der Waals surface area (Å²) in [5.41, 5.74) is 0.662. The van der Waals surface area contributed by atoms with Gasteiger partial charge in [0.25, 0.3) is 0 Å². The van der Waals surface area contributed by atoms with E-state index in [9.17, 15) is 13.2 Å². The smallest absolute Gasteiger partial charge is 0.411 e. The Morgan fingerprint density at radius 2 is 1.88 bits per heavy atom. The monoisotopic (exact) mass is 249 g/mol. The highest BCUT2D eigenvalue weighted by Gasteiger charge is 2.30. The third-order valence-electron chi connectivity index (χ3n) is 1.82. The lowest BCUT2D eigenvalue weighted by Gasteiger charge is -2.09. The number of alkyl halides is 3. The van der Waals surface area contributed by atoms with Gasteiger partial charge in [-0.1, -0.05) is 5.16 Å². The van der Waals surface area contributed by atoms with Crippen LogP contribution in [-0.2, 0) is 4.74 Å². The molecule has 0 radical (unpaired) electrons. The highest BCUT2D eigenvalue weighted by molar-refractivity contribution is 6.01. The van der Waals surface area contributed by atoms with Crippen LogP contribution in [0.1, 0.15) is 5.56 Å². The average molecular weight is 249 g/mol. The molecule has 4 nitrogen and oxygen atoms in total. The van der Waals surface area contributed by atoms with Gasteiger partial charge in [0.2, 0.25) is 0 Å². The zero-order valence-corrected chi connectivity index (χ0v) is 8.86. The van der Waals surface area contributed by atoms with Crippen molar-refractivity contribution in [2.45, 2.75) is 6.36 Å². The van der Waals surface area contributed by atoms with Crippen molar-refractivity contribution in [1.82, 2.24) is 0 Å². The molecule has 94 valence electrons. The van der Waals surface area contributed by atoms with E-state index < -0.39 is 6.36 Å². The van der Waals surface area contributed by atoms with Gasteiger partial charge in [-0.25, -0.2) is 0 Å². The second kappa shape index (κ2) is 5.53. The second-order valence-corrected chi connectivity index (χ2v) is 3.05. The lowest BCUT2D eigenvalue weighted by Crippen LogP contribution is -2.17. The quantitative estimate of drug-likeness (QED) is 0.506. The molecule has 0 spiro atoms. The van der Waals surface area contributed by atoms with Gasteiger partial charge in [-0.05, 0) is 24.3 Å². The van der Waals surface area contributed by atoms with Gasteiger partial charge >= 0.3 is 6.36 Å². The van der Waals surface area contributed by atoms with Crippen LogP contribution in [0.25, 0.3) is 0 Å². The van der Waals surface area contributed by atoms with E-state index in [4.69, 9.17) is 9.94 Å². The molecule has 0 amide bonds. The molecule has 0 unspecified atom stereocenters. The molecule has 0 aromatic heterocycles. The largest absolute Gasteiger partial charge is 0.573 e. The summed E-state index contributed by atoms with van der Waals surface area (Å²) in [4.78, 5) is 0. The number of hydrogen-bond donors (Lipinski definition) is 1. The number of rotatable bonds is 4. The number of methoxy groups -OCH3 is 1. The van der Waals surface area contributed by atoms with E-state index in [-0.39, 0.29) is 18.1 Å². The maximum absolute atomic E-state index is 11.9. The fourth-order valence-corrected chi connectivity index (χ4v) is 1.16. The Hall–Kier alpha value is -1.76. The van der Waals surface area contributed by atoms with E-state index in [2.05, 4.69) is 9.89 Å². The summed E-state index contributed by atoms with van der Waals surface area (Å²) in [5.74, 6) is -0.337. The number of benzene rings is 1. The van der Waals surface area contributed by atoms with Gasteiger partial charge in [0, 0.05) is 12.7 Å². The Morgan fingerprint density at radius 1 is 1.29 bits per heavy atom. The van der Waals surface area contributed by atoms with Crippen molar-refractivity contribution < 1.29 is 27.9 Å². The number of ether oxygens (including phenoxy) is 2. The zero-order chi connectivity index (χ0) is 12.9. The fraction of sp³-hybridized carbons (Fsp3) is 0.300. The molecule has 1 aromatic carbocycles. The molecule has 0 heterocycles. The summed E-state index contributed by atoms with van der Waals surface area (Å²) >= 11 is 0. The Morgan fingerprint density at radius 3 is 2.29 bits per heavy atom. The molecule has 1 N–H and O–H groups in total. The molecule has 0 atom stereocenters. The molecule has 0 saturated heterocycles. The van der Waals surface area contributed by atoms with E-state index >= 15 is 0 Å².